The second-order valence-corrected chi connectivity index (χ2v) is 3.14. The van der Waals surface area contributed by atoms with E-state index in [1.54, 1.807) is 0 Å². The second kappa shape index (κ2) is 5.38. The number of ether oxygens (including phenoxy) is 1. The van der Waals surface area contributed by atoms with Gasteiger partial charge in [-0.2, -0.15) is 8.78 Å². The van der Waals surface area contributed by atoms with Crippen LogP contribution in [0.25, 0.3) is 6.08 Å². The van der Waals surface area contributed by atoms with Gasteiger partial charge < -0.3 is 9.84 Å². The van der Waals surface area contributed by atoms with Gasteiger partial charge in [0.15, 0.2) is 11.6 Å². The van der Waals surface area contributed by atoms with Crippen molar-refractivity contribution in [3.63, 3.8) is 0 Å². The molecule has 0 atom stereocenters. The predicted molar refractivity (Wildman–Crippen MR) is 54.4 cm³/mol. The lowest BCUT2D eigenvalue weighted by Gasteiger charge is -2.09. The first-order valence-corrected chi connectivity index (χ1v) is 4.56. The van der Waals surface area contributed by atoms with Crippen molar-refractivity contribution in [2.24, 2.45) is 0 Å². The summed E-state index contributed by atoms with van der Waals surface area (Å²) < 4.78 is 41.3. The Morgan fingerprint density at radius 3 is 2.65 bits per heavy atom. The third-order valence-corrected chi connectivity index (χ3v) is 2.01. The van der Waals surface area contributed by atoms with Crippen LogP contribution in [-0.4, -0.2) is 17.7 Å². The Morgan fingerprint density at radius 1 is 1.47 bits per heavy atom. The van der Waals surface area contributed by atoms with Crippen LogP contribution in [0.4, 0.5) is 13.2 Å². The SMILES string of the molecule is Cc1c(/C=C/C(=O)O)ccc(OC(F)F)c1F. The van der Waals surface area contributed by atoms with Gasteiger partial charge in [-0.15, -0.1) is 0 Å². The van der Waals surface area contributed by atoms with E-state index in [1.807, 2.05) is 0 Å². The molecular weight excluding hydrogens is 237 g/mol. The first kappa shape index (κ1) is 13.1. The van der Waals surface area contributed by atoms with Crippen molar-refractivity contribution in [1.29, 1.82) is 0 Å². The molecular formula is C11H9F3O3. The quantitative estimate of drug-likeness (QED) is 0.831. The Hall–Kier alpha value is -1.98. The molecule has 0 radical (unpaired) electrons. The van der Waals surface area contributed by atoms with Gasteiger partial charge in [-0.05, 0) is 30.2 Å². The first-order chi connectivity index (χ1) is 7.91. The summed E-state index contributed by atoms with van der Waals surface area (Å²) in [7, 11) is 0. The van der Waals surface area contributed by atoms with Crippen LogP contribution in [0.3, 0.4) is 0 Å². The van der Waals surface area contributed by atoms with Crippen LogP contribution in [0, 0.1) is 12.7 Å². The predicted octanol–water partition coefficient (Wildman–Crippen LogP) is 2.83. The molecule has 3 nitrogen and oxygen atoms in total. The molecule has 1 aromatic carbocycles. The number of halogens is 3. The number of carbonyl (C=O) groups is 1. The second-order valence-electron chi connectivity index (χ2n) is 3.14. The van der Waals surface area contributed by atoms with E-state index < -0.39 is 24.1 Å². The van der Waals surface area contributed by atoms with Gasteiger partial charge in [0.1, 0.15) is 0 Å². The molecule has 0 heterocycles. The Labute approximate surface area is 95.1 Å². The normalized spacial score (nSPS) is 11.1. The number of hydrogen-bond acceptors (Lipinski definition) is 2. The van der Waals surface area contributed by atoms with E-state index in [1.165, 1.54) is 19.1 Å². The summed E-state index contributed by atoms with van der Waals surface area (Å²) in [5.41, 5.74) is 0.326. The lowest BCUT2D eigenvalue weighted by molar-refractivity contribution is -0.131. The van der Waals surface area contributed by atoms with Crippen LogP contribution < -0.4 is 4.74 Å². The molecule has 1 N–H and O–H groups in total. The highest BCUT2D eigenvalue weighted by Gasteiger charge is 2.13. The number of benzene rings is 1. The van der Waals surface area contributed by atoms with E-state index in [0.29, 0.717) is 0 Å². The van der Waals surface area contributed by atoms with Crippen molar-refractivity contribution in [2.45, 2.75) is 13.5 Å². The van der Waals surface area contributed by atoms with E-state index in [2.05, 4.69) is 4.74 Å². The number of hydrogen-bond donors (Lipinski definition) is 1. The van der Waals surface area contributed by atoms with Crippen LogP contribution in [0.2, 0.25) is 0 Å². The standard InChI is InChI=1S/C11H9F3O3/c1-6-7(3-5-9(15)16)2-4-8(10(6)12)17-11(13)14/h2-5,11H,1H3,(H,15,16)/b5-3+. The molecule has 0 spiro atoms. The fourth-order valence-electron chi connectivity index (χ4n) is 1.20. The molecule has 0 fully saturated rings. The van der Waals surface area contributed by atoms with Crippen LogP contribution in [0.5, 0.6) is 5.75 Å². The maximum Gasteiger partial charge on any atom is 0.387 e. The van der Waals surface area contributed by atoms with Crippen molar-refractivity contribution >= 4 is 12.0 Å². The van der Waals surface area contributed by atoms with Crippen molar-refractivity contribution < 1.29 is 27.8 Å². The Kier molecular flexibility index (Phi) is 4.14. The Bertz CT molecular complexity index is 456. The number of alkyl halides is 2. The Morgan fingerprint density at radius 2 is 2.12 bits per heavy atom. The maximum absolute atomic E-state index is 13.5. The van der Waals surface area contributed by atoms with Crippen molar-refractivity contribution in [3.05, 3.63) is 35.2 Å². The molecule has 0 aromatic heterocycles. The third-order valence-electron chi connectivity index (χ3n) is 2.01. The maximum atomic E-state index is 13.5. The topological polar surface area (TPSA) is 46.5 Å². The van der Waals surface area contributed by atoms with Gasteiger partial charge in [-0.3, -0.25) is 0 Å². The third kappa shape index (κ3) is 3.51. The highest BCUT2D eigenvalue weighted by molar-refractivity contribution is 5.85. The van der Waals surface area contributed by atoms with Gasteiger partial charge in [0.25, 0.3) is 0 Å². The molecule has 0 unspecified atom stereocenters. The molecule has 0 aliphatic carbocycles. The largest absolute Gasteiger partial charge is 0.478 e. The summed E-state index contributed by atoms with van der Waals surface area (Å²) in [6, 6.07) is 2.32. The fourth-order valence-corrected chi connectivity index (χ4v) is 1.20. The lowest BCUT2D eigenvalue weighted by Crippen LogP contribution is -2.05. The van der Waals surface area contributed by atoms with E-state index in [0.717, 1.165) is 12.1 Å². The summed E-state index contributed by atoms with van der Waals surface area (Å²) in [6.45, 7) is -1.76. The van der Waals surface area contributed by atoms with Crippen LogP contribution in [0.15, 0.2) is 18.2 Å². The summed E-state index contributed by atoms with van der Waals surface area (Å²) >= 11 is 0. The van der Waals surface area contributed by atoms with E-state index >= 15 is 0 Å². The molecule has 0 bridgehead atoms. The lowest BCUT2D eigenvalue weighted by atomic mass is 10.1. The van der Waals surface area contributed by atoms with Gasteiger partial charge in [0.05, 0.1) is 0 Å². The average Bonchev–Trinajstić information content (AvgIpc) is 2.23. The zero-order chi connectivity index (χ0) is 13.0. The van der Waals surface area contributed by atoms with Crippen LogP contribution >= 0.6 is 0 Å². The van der Waals surface area contributed by atoms with Crippen LogP contribution in [-0.2, 0) is 4.79 Å². The van der Waals surface area contributed by atoms with Crippen molar-refractivity contribution in [1.82, 2.24) is 0 Å². The fraction of sp³-hybridized carbons (Fsp3) is 0.182. The number of carboxylic acids is 1. The van der Waals surface area contributed by atoms with Crippen molar-refractivity contribution in [2.75, 3.05) is 0 Å². The molecule has 17 heavy (non-hydrogen) atoms. The van der Waals surface area contributed by atoms with E-state index in [9.17, 15) is 18.0 Å². The molecule has 1 aromatic rings. The summed E-state index contributed by atoms with van der Waals surface area (Å²) in [5, 5.41) is 8.40. The monoisotopic (exact) mass is 246 g/mol. The molecule has 92 valence electrons. The van der Waals surface area contributed by atoms with Gasteiger partial charge in [-0.25, -0.2) is 9.18 Å². The van der Waals surface area contributed by atoms with Crippen molar-refractivity contribution in [3.8, 4) is 5.75 Å². The van der Waals surface area contributed by atoms with Gasteiger partial charge in [0.2, 0.25) is 0 Å². The highest BCUT2D eigenvalue weighted by atomic mass is 19.3. The summed E-state index contributed by atoms with van der Waals surface area (Å²) in [4.78, 5) is 10.3. The summed E-state index contributed by atoms with van der Waals surface area (Å²) in [6.07, 6.45) is 2.00. The molecule has 0 aliphatic rings. The minimum Gasteiger partial charge on any atom is -0.478 e. The minimum atomic E-state index is -3.11. The summed E-state index contributed by atoms with van der Waals surface area (Å²) in [5.74, 6) is -2.68. The Balaban J connectivity index is 3.06. The molecule has 0 aliphatic heterocycles. The van der Waals surface area contributed by atoms with Gasteiger partial charge in [-0.1, -0.05) is 6.07 Å². The van der Waals surface area contributed by atoms with Gasteiger partial charge in [0, 0.05) is 6.08 Å². The molecule has 6 heteroatoms. The molecule has 0 amide bonds. The first-order valence-electron chi connectivity index (χ1n) is 4.56. The minimum absolute atomic E-state index is 0.0423. The highest BCUT2D eigenvalue weighted by Crippen LogP contribution is 2.25. The number of carboxylic acid groups (broad SMARTS) is 1. The molecule has 1 rings (SSSR count). The van der Waals surface area contributed by atoms with E-state index in [-0.39, 0.29) is 11.1 Å². The zero-order valence-corrected chi connectivity index (χ0v) is 8.78. The molecule has 0 saturated carbocycles. The number of aliphatic carboxylic acids is 1. The van der Waals surface area contributed by atoms with Crippen LogP contribution in [0.1, 0.15) is 11.1 Å². The zero-order valence-electron chi connectivity index (χ0n) is 8.78. The van der Waals surface area contributed by atoms with E-state index in [4.69, 9.17) is 5.11 Å². The molecule has 0 saturated heterocycles. The van der Waals surface area contributed by atoms with Gasteiger partial charge >= 0.3 is 12.6 Å². The number of rotatable bonds is 4. The average molecular weight is 246 g/mol. The smallest absolute Gasteiger partial charge is 0.387 e.